The number of hydrogen-bond acceptors (Lipinski definition) is 5. The van der Waals surface area contributed by atoms with Crippen molar-refractivity contribution in [2.24, 2.45) is 0 Å². The maximum Gasteiger partial charge on any atom is 0.276 e. The van der Waals surface area contributed by atoms with Crippen molar-refractivity contribution in [2.45, 2.75) is 27.3 Å². The summed E-state index contributed by atoms with van der Waals surface area (Å²) in [6.45, 7) is 5.95. The molecule has 0 unspecified atom stereocenters. The molecule has 0 spiro atoms. The minimum absolute atomic E-state index is 0.185. The molecule has 0 saturated carbocycles. The summed E-state index contributed by atoms with van der Waals surface area (Å²) in [6, 6.07) is 9.91. The third kappa shape index (κ3) is 3.50. The van der Waals surface area contributed by atoms with Gasteiger partial charge < -0.3 is 9.73 Å². The zero-order valence-electron chi connectivity index (χ0n) is 14.2. The Morgan fingerprint density at radius 1 is 1.16 bits per heavy atom. The first-order chi connectivity index (χ1) is 12.0. The third-order valence-corrected chi connectivity index (χ3v) is 3.82. The van der Waals surface area contributed by atoms with E-state index < -0.39 is 0 Å². The van der Waals surface area contributed by atoms with Crippen molar-refractivity contribution in [1.29, 1.82) is 0 Å². The molecule has 0 atom stereocenters. The van der Waals surface area contributed by atoms with Crippen LogP contribution in [-0.4, -0.2) is 20.7 Å². The number of anilines is 1. The smallest absolute Gasteiger partial charge is 0.276 e. The third-order valence-electron chi connectivity index (χ3n) is 3.82. The number of carbonyl (C=O) groups is 1. The van der Waals surface area contributed by atoms with Crippen LogP contribution >= 0.6 is 0 Å². The number of amides is 1. The Hall–Kier alpha value is -3.22. The minimum atomic E-state index is -0.377. The first kappa shape index (κ1) is 16.6. The Bertz CT molecular complexity index is 951. The summed E-state index contributed by atoms with van der Waals surface area (Å²) >= 11 is 0. The zero-order valence-corrected chi connectivity index (χ0v) is 14.2. The number of hydrogen-bond donors (Lipinski definition) is 1. The molecule has 7 nitrogen and oxygen atoms in total. The predicted octanol–water partition coefficient (Wildman–Crippen LogP) is 2.79. The molecule has 0 aliphatic heterocycles. The Labute approximate surface area is 144 Å². The molecule has 0 fully saturated rings. The summed E-state index contributed by atoms with van der Waals surface area (Å²) in [6.07, 6.45) is 0. The molecule has 0 saturated heterocycles. The molecule has 3 aromatic rings. The Morgan fingerprint density at radius 2 is 1.88 bits per heavy atom. The fourth-order valence-corrected chi connectivity index (χ4v) is 2.28. The minimum Gasteiger partial charge on any atom is -0.441 e. The van der Waals surface area contributed by atoms with Crippen LogP contribution in [0.5, 0.6) is 0 Å². The fourth-order valence-electron chi connectivity index (χ4n) is 2.28. The second-order valence-corrected chi connectivity index (χ2v) is 5.56. The molecule has 7 heteroatoms. The number of oxazole rings is 1. The van der Waals surface area contributed by atoms with Crippen LogP contribution in [0.4, 0.5) is 5.69 Å². The monoisotopic (exact) mass is 338 g/mol. The lowest BCUT2D eigenvalue weighted by Crippen LogP contribution is -2.25. The zero-order chi connectivity index (χ0) is 18.0. The molecule has 2 aromatic heterocycles. The van der Waals surface area contributed by atoms with Gasteiger partial charge in [0.05, 0.1) is 5.69 Å². The highest BCUT2D eigenvalue weighted by atomic mass is 16.4. The van der Waals surface area contributed by atoms with Crippen molar-refractivity contribution in [3.63, 3.8) is 0 Å². The van der Waals surface area contributed by atoms with Gasteiger partial charge in [0, 0.05) is 23.9 Å². The van der Waals surface area contributed by atoms with Crippen molar-refractivity contribution in [3.8, 4) is 11.5 Å². The highest BCUT2D eigenvalue weighted by molar-refractivity contribution is 6.02. The van der Waals surface area contributed by atoms with Crippen LogP contribution in [0.1, 0.15) is 28.9 Å². The SMILES string of the molecule is CCn1nc(C(=O)Nc2ccc(-c3nc(C)c(C)o3)cc2)ccc1=O. The molecule has 25 heavy (non-hydrogen) atoms. The molecule has 1 amide bonds. The van der Waals surface area contributed by atoms with E-state index in [-0.39, 0.29) is 17.2 Å². The van der Waals surface area contributed by atoms with Crippen molar-refractivity contribution in [2.75, 3.05) is 5.32 Å². The summed E-state index contributed by atoms with van der Waals surface area (Å²) in [5.74, 6) is 0.951. The summed E-state index contributed by atoms with van der Waals surface area (Å²) in [7, 11) is 0. The van der Waals surface area contributed by atoms with Crippen LogP contribution in [-0.2, 0) is 6.54 Å². The summed E-state index contributed by atoms with van der Waals surface area (Å²) in [4.78, 5) is 28.2. The van der Waals surface area contributed by atoms with Crippen LogP contribution in [0.2, 0.25) is 0 Å². The molecule has 0 aliphatic rings. The predicted molar refractivity (Wildman–Crippen MR) is 93.5 cm³/mol. The number of carbonyl (C=O) groups excluding carboxylic acids is 1. The van der Waals surface area contributed by atoms with E-state index in [0.717, 1.165) is 17.0 Å². The molecular weight excluding hydrogens is 320 g/mol. The van der Waals surface area contributed by atoms with Gasteiger partial charge in [-0.25, -0.2) is 9.67 Å². The largest absolute Gasteiger partial charge is 0.441 e. The van der Waals surface area contributed by atoms with Crippen molar-refractivity contribution < 1.29 is 9.21 Å². The lowest BCUT2D eigenvalue weighted by atomic mass is 10.2. The summed E-state index contributed by atoms with van der Waals surface area (Å²) in [5, 5.41) is 6.79. The van der Waals surface area contributed by atoms with Gasteiger partial charge >= 0.3 is 0 Å². The van der Waals surface area contributed by atoms with E-state index in [1.54, 1.807) is 19.1 Å². The van der Waals surface area contributed by atoms with Crippen molar-refractivity contribution >= 4 is 11.6 Å². The first-order valence-corrected chi connectivity index (χ1v) is 7.92. The standard InChI is InChI=1S/C18H18N4O3/c1-4-22-16(23)10-9-15(21-22)17(24)20-14-7-5-13(6-8-14)18-19-11(2)12(3)25-18/h5-10H,4H2,1-3H3,(H,20,24). The van der Waals surface area contributed by atoms with E-state index in [2.05, 4.69) is 15.4 Å². The van der Waals surface area contributed by atoms with E-state index in [4.69, 9.17) is 4.42 Å². The quantitative estimate of drug-likeness (QED) is 0.790. The van der Waals surface area contributed by atoms with E-state index in [9.17, 15) is 9.59 Å². The van der Waals surface area contributed by atoms with E-state index in [1.807, 2.05) is 26.0 Å². The Kier molecular flexibility index (Phi) is 4.47. The highest BCUT2D eigenvalue weighted by Gasteiger charge is 2.11. The van der Waals surface area contributed by atoms with Gasteiger partial charge in [-0.3, -0.25) is 9.59 Å². The molecule has 0 radical (unpaired) electrons. The van der Waals surface area contributed by atoms with Gasteiger partial charge in [-0.1, -0.05) is 0 Å². The van der Waals surface area contributed by atoms with Crippen molar-refractivity contribution in [3.05, 3.63) is 63.9 Å². The van der Waals surface area contributed by atoms with E-state index in [1.165, 1.54) is 16.8 Å². The highest BCUT2D eigenvalue weighted by Crippen LogP contribution is 2.23. The van der Waals surface area contributed by atoms with E-state index >= 15 is 0 Å². The van der Waals surface area contributed by atoms with Crippen LogP contribution in [0.3, 0.4) is 0 Å². The van der Waals surface area contributed by atoms with Crippen molar-refractivity contribution in [1.82, 2.24) is 14.8 Å². The van der Waals surface area contributed by atoms with E-state index in [0.29, 0.717) is 18.1 Å². The maximum absolute atomic E-state index is 12.3. The average Bonchev–Trinajstić information content (AvgIpc) is 2.95. The molecule has 0 aliphatic carbocycles. The number of aromatic nitrogens is 3. The average molecular weight is 338 g/mol. The summed E-state index contributed by atoms with van der Waals surface area (Å²) in [5.41, 5.74) is 2.24. The van der Waals surface area contributed by atoms with Crippen LogP contribution in [0.15, 0.2) is 45.6 Å². The lowest BCUT2D eigenvalue weighted by Gasteiger charge is -2.07. The van der Waals surface area contributed by atoms with Gasteiger partial charge in [0.1, 0.15) is 11.5 Å². The number of rotatable bonds is 4. The van der Waals surface area contributed by atoms with Crippen LogP contribution < -0.4 is 10.9 Å². The topological polar surface area (TPSA) is 90.0 Å². The fraction of sp³-hybridized carbons (Fsp3) is 0.222. The molecule has 2 heterocycles. The number of benzene rings is 1. The number of aryl methyl sites for hydroxylation is 3. The second-order valence-electron chi connectivity index (χ2n) is 5.56. The molecular formula is C18H18N4O3. The van der Waals surface area contributed by atoms with Gasteiger partial charge in [0.2, 0.25) is 5.89 Å². The Morgan fingerprint density at radius 3 is 2.48 bits per heavy atom. The van der Waals surface area contributed by atoms with Crippen LogP contribution in [0.25, 0.3) is 11.5 Å². The van der Waals surface area contributed by atoms with Gasteiger partial charge in [-0.05, 0) is 51.1 Å². The Balaban J connectivity index is 1.77. The lowest BCUT2D eigenvalue weighted by molar-refractivity contribution is 0.102. The molecule has 128 valence electrons. The second kappa shape index (κ2) is 6.72. The number of nitrogens with one attached hydrogen (secondary N) is 1. The van der Waals surface area contributed by atoms with Gasteiger partial charge in [-0.2, -0.15) is 5.10 Å². The van der Waals surface area contributed by atoms with Gasteiger partial charge in [0.25, 0.3) is 11.5 Å². The summed E-state index contributed by atoms with van der Waals surface area (Å²) < 4.78 is 6.83. The first-order valence-electron chi connectivity index (χ1n) is 7.92. The molecule has 0 bridgehead atoms. The molecule has 3 rings (SSSR count). The number of nitrogens with zero attached hydrogens (tertiary/aromatic N) is 3. The molecule has 1 aromatic carbocycles. The molecule has 1 N–H and O–H groups in total. The van der Waals surface area contributed by atoms with Gasteiger partial charge in [0.15, 0.2) is 0 Å². The van der Waals surface area contributed by atoms with Gasteiger partial charge in [-0.15, -0.1) is 0 Å². The van der Waals surface area contributed by atoms with Crippen LogP contribution in [0, 0.1) is 13.8 Å². The normalized spacial score (nSPS) is 10.7. The maximum atomic E-state index is 12.3.